The molecule has 0 aliphatic heterocycles. The molecular weight excluding hydrogens is 198 g/mol. The van der Waals surface area contributed by atoms with E-state index in [9.17, 15) is 5.11 Å². The zero-order chi connectivity index (χ0) is 11.5. The third kappa shape index (κ3) is 2.63. The second-order valence-electron chi connectivity index (χ2n) is 4.97. The van der Waals surface area contributed by atoms with Gasteiger partial charge in [-0.1, -0.05) is 29.8 Å². The van der Waals surface area contributed by atoms with Crippen LogP contribution >= 0.6 is 0 Å². The average molecular weight is 219 g/mol. The molecule has 1 aromatic carbocycles. The standard InChI is InChI=1S/C14H21NO/c1-11-6-8-12(9-7-11)10-15(2)13-4-3-5-14(13)16/h6-9,13-14,16H,3-5,10H2,1-2H3/t13-,14-/m1/s1. The smallest absolute Gasteiger partial charge is 0.0695 e. The van der Waals surface area contributed by atoms with E-state index >= 15 is 0 Å². The van der Waals surface area contributed by atoms with Crippen LogP contribution in [-0.4, -0.2) is 29.2 Å². The molecule has 88 valence electrons. The summed E-state index contributed by atoms with van der Waals surface area (Å²) in [6.45, 7) is 3.04. The molecule has 2 heteroatoms. The van der Waals surface area contributed by atoms with Gasteiger partial charge in [0.25, 0.3) is 0 Å². The van der Waals surface area contributed by atoms with Gasteiger partial charge in [0.1, 0.15) is 0 Å². The Labute approximate surface area is 97.9 Å². The van der Waals surface area contributed by atoms with E-state index in [-0.39, 0.29) is 6.10 Å². The summed E-state index contributed by atoms with van der Waals surface area (Å²) in [4.78, 5) is 2.28. The summed E-state index contributed by atoms with van der Waals surface area (Å²) in [6, 6.07) is 8.99. The molecule has 1 aliphatic carbocycles. The van der Waals surface area contributed by atoms with Gasteiger partial charge in [0, 0.05) is 12.6 Å². The molecule has 16 heavy (non-hydrogen) atoms. The largest absolute Gasteiger partial charge is 0.391 e. The maximum atomic E-state index is 9.84. The Hall–Kier alpha value is -0.860. The topological polar surface area (TPSA) is 23.5 Å². The number of aryl methyl sites for hydroxylation is 1. The Balaban J connectivity index is 1.96. The van der Waals surface area contributed by atoms with Crippen molar-refractivity contribution in [2.75, 3.05) is 7.05 Å². The van der Waals surface area contributed by atoms with E-state index in [0.717, 1.165) is 25.8 Å². The number of benzene rings is 1. The Morgan fingerprint density at radius 1 is 1.25 bits per heavy atom. The summed E-state index contributed by atoms with van der Waals surface area (Å²) >= 11 is 0. The number of aliphatic hydroxyl groups excluding tert-OH is 1. The highest BCUT2D eigenvalue weighted by Gasteiger charge is 2.28. The number of nitrogens with zero attached hydrogens (tertiary/aromatic N) is 1. The van der Waals surface area contributed by atoms with Crippen molar-refractivity contribution in [2.24, 2.45) is 0 Å². The molecule has 1 saturated carbocycles. The van der Waals surface area contributed by atoms with Crippen LogP contribution < -0.4 is 0 Å². The fraction of sp³-hybridized carbons (Fsp3) is 0.571. The van der Waals surface area contributed by atoms with Gasteiger partial charge in [0.15, 0.2) is 0 Å². The minimum Gasteiger partial charge on any atom is -0.391 e. The van der Waals surface area contributed by atoms with Gasteiger partial charge in [-0.15, -0.1) is 0 Å². The summed E-state index contributed by atoms with van der Waals surface area (Å²) in [5.41, 5.74) is 2.62. The summed E-state index contributed by atoms with van der Waals surface area (Å²) in [5.74, 6) is 0. The van der Waals surface area contributed by atoms with Crippen molar-refractivity contribution in [3.05, 3.63) is 35.4 Å². The van der Waals surface area contributed by atoms with Crippen molar-refractivity contribution in [1.82, 2.24) is 4.90 Å². The second-order valence-corrected chi connectivity index (χ2v) is 4.97. The van der Waals surface area contributed by atoms with Gasteiger partial charge in [0.05, 0.1) is 6.10 Å². The Bertz CT molecular complexity index is 333. The fourth-order valence-electron chi connectivity index (χ4n) is 2.53. The highest BCUT2D eigenvalue weighted by Crippen LogP contribution is 2.24. The molecule has 2 nitrogen and oxygen atoms in total. The lowest BCUT2D eigenvalue weighted by Crippen LogP contribution is -2.36. The molecule has 1 aliphatic rings. The van der Waals surface area contributed by atoms with E-state index in [4.69, 9.17) is 0 Å². The van der Waals surface area contributed by atoms with Gasteiger partial charge in [-0.2, -0.15) is 0 Å². The van der Waals surface area contributed by atoms with Gasteiger partial charge < -0.3 is 5.11 Å². The zero-order valence-electron chi connectivity index (χ0n) is 10.2. The van der Waals surface area contributed by atoms with E-state index < -0.39 is 0 Å². The zero-order valence-corrected chi connectivity index (χ0v) is 10.2. The highest BCUT2D eigenvalue weighted by molar-refractivity contribution is 5.21. The first-order valence-corrected chi connectivity index (χ1v) is 6.10. The van der Waals surface area contributed by atoms with E-state index in [1.807, 2.05) is 0 Å². The quantitative estimate of drug-likeness (QED) is 0.843. The maximum Gasteiger partial charge on any atom is 0.0695 e. The molecule has 0 saturated heterocycles. The molecule has 0 spiro atoms. The summed E-state index contributed by atoms with van der Waals surface area (Å²) in [5, 5.41) is 9.84. The molecule has 0 aromatic heterocycles. The monoisotopic (exact) mass is 219 g/mol. The molecule has 0 amide bonds. The normalized spacial score (nSPS) is 25.2. The Morgan fingerprint density at radius 3 is 2.50 bits per heavy atom. The van der Waals surface area contributed by atoms with Crippen LogP contribution in [0, 0.1) is 6.92 Å². The molecule has 2 rings (SSSR count). The number of likely N-dealkylation sites (N-methyl/N-ethyl adjacent to an activating group) is 1. The number of hydrogen-bond donors (Lipinski definition) is 1. The van der Waals surface area contributed by atoms with Crippen LogP contribution in [-0.2, 0) is 6.54 Å². The number of hydrogen-bond acceptors (Lipinski definition) is 2. The summed E-state index contributed by atoms with van der Waals surface area (Å²) in [7, 11) is 2.11. The predicted octanol–water partition coefficient (Wildman–Crippen LogP) is 2.34. The molecule has 2 atom stereocenters. The first kappa shape index (κ1) is 11.6. The average Bonchev–Trinajstić information content (AvgIpc) is 2.68. The van der Waals surface area contributed by atoms with Crippen molar-refractivity contribution >= 4 is 0 Å². The molecule has 0 bridgehead atoms. The molecule has 1 N–H and O–H groups in total. The van der Waals surface area contributed by atoms with Crippen molar-refractivity contribution < 1.29 is 5.11 Å². The first-order valence-electron chi connectivity index (χ1n) is 6.10. The van der Waals surface area contributed by atoms with Crippen LogP contribution in [0.2, 0.25) is 0 Å². The Morgan fingerprint density at radius 2 is 1.94 bits per heavy atom. The van der Waals surface area contributed by atoms with Crippen molar-refractivity contribution in [3.63, 3.8) is 0 Å². The van der Waals surface area contributed by atoms with Crippen LogP contribution in [0.25, 0.3) is 0 Å². The molecule has 0 heterocycles. The number of aliphatic hydroxyl groups is 1. The maximum absolute atomic E-state index is 9.84. The molecule has 0 unspecified atom stereocenters. The molecule has 1 fully saturated rings. The van der Waals surface area contributed by atoms with Gasteiger partial charge >= 0.3 is 0 Å². The summed E-state index contributed by atoms with van der Waals surface area (Å²) < 4.78 is 0. The van der Waals surface area contributed by atoms with E-state index in [0.29, 0.717) is 6.04 Å². The molecule has 0 radical (unpaired) electrons. The predicted molar refractivity (Wildman–Crippen MR) is 66.3 cm³/mol. The highest BCUT2D eigenvalue weighted by atomic mass is 16.3. The lowest BCUT2D eigenvalue weighted by Gasteiger charge is -2.27. The van der Waals surface area contributed by atoms with E-state index in [1.54, 1.807) is 0 Å². The second kappa shape index (κ2) is 4.98. The lowest BCUT2D eigenvalue weighted by molar-refractivity contribution is 0.0825. The van der Waals surface area contributed by atoms with Crippen LogP contribution in [0.5, 0.6) is 0 Å². The van der Waals surface area contributed by atoms with Crippen LogP contribution in [0.1, 0.15) is 30.4 Å². The minimum absolute atomic E-state index is 0.129. The molecule has 1 aromatic rings. The fourth-order valence-corrected chi connectivity index (χ4v) is 2.53. The Kier molecular flexibility index (Phi) is 3.62. The third-order valence-corrected chi connectivity index (χ3v) is 3.56. The van der Waals surface area contributed by atoms with Crippen molar-refractivity contribution in [2.45, 2.75) is 44.9 Å². The van der Waals surface area contributed by atoms with Crippen molar-refractivity contribution in [1.29, 1.82) is 0 Å². The van der Waals surface area contributed by atoms with Gasteiger partial charge in [-0.25, -0.2) is 0 Å². The van der Waals surface area contributed by atoms with E-state index in [2.05, 4.69) is 43.1 Å². The van der Waals surface area contributed by atoms with Crippen LogP contribution in [0.4, 0.5) is 0 Å². The van der Waals surface area contributed by atoms with Gasteiger partial charge in [-0.05, 0) is 38.8 Å². The lowest BCUT2D eigenvalue weighted by atomic mass is 10.1. The van der Waals surface area contributed by atoms with Crippen LogP contribution in [0.15, 0.2) is 24.3 Å². The van der Waals surface area contributed by atoms with E-state index in [1.165, 1.54) is 11.1 Å². The SMILES string of the molecule is Cc1ccc(CN(C)[C@@H]2CCC[C@H]2O)cc1. The summed E-state index contributed by atoms with van der Waals surface area (Å²) in [6.07, 6.45) is 3.12. The third-order valence-electron chi connectivity index (χ3n) is 3.56. The molecular formula is C14H21NO. The van der Waals surface area contributed by atoms with Crippen molar-refractivity contribution in [3.8, 4) is 0 Å². The number of rotatable bonds is 3. The van der Waals surface area contributed by atoms with Crippen LogP contribution in [0.3, 0.4) is 0 Å². The van der Waals surface area contributed by atoms with Gasteiger partial charge in [-0.3, -0.25) is 4.90 Å². The minimum atomic E-state index is -0.129. The van der Waals surface area contributed by atoms with Gasteiger partial charge in [0.2, 0.25) is 0 Å². The first-order chi connectivity index (χ1) is 7.66.